The summed E-state index contributed by atoms with van der Waals surface area (Å²) >= 11 is 2.80. The highest BCUT2D eigenvalue weighted by Gasteiger charge is 2.26. The summed E-state index contributed by atoms with van der Waals surface area (Å²) in [5.41, 5.74) is -0.121. The van der Waals surface area contributed by atoms with Gasteiger partial charge in [0.25, 0.3) is 5.56 Å². The van der Waals surface area contributed by atoms with Gasteiger partial charge in [0.15, 0.2) is 10.3 Å². The number of hydrogen-bond acceptors (Lipinski definition) is 6. The fourth-order valence-electron chi connectivity index (χ4n) is 1.80. The molecule has 3 rings (SSSR count). The van der Waals surface area contributed by atoms with Crippen LogP contribution in [0.2, 0.25) is 0 Å². The number of carbonyl (C=O) groups is 1. The van der Waals surface area contributed by atoms with Crippen LogP contribution in [0.15, 0.2) is 33.8 Å². The minimum atomic E-state index is -0.247. The highest BCUT2D eigenvalue weighted by molar-refractivity contribution is 7.99. The second-order valence-electron chi connectivity index (χ2n) is 4.01. The fraction of sp³-hybridized carbons (Fsp3) is 0.273. The summed E-state index contributed by atoms with van der Waals surface area (Å²) < 4.78 is 1.54. The Morgan fingerprint density at radius 2 is 2.32 bits per heavy atom. The summed E-state index contributed by atoms with van der Waals surface area (Å²) in [5.74, 6) is 0.264. The SMILES string of the molecule is O=C(Nc1nccs1)[C@H]1CSc2nccc(=O)n2C1. The Balaban J connectivity index is 1.76. The van der Waals surface area contributed by atoms with Crippen molar-refractivity contribution < 1.29 is 4.79 Å². The molecule has 3 heterocycles. The maximum Gasteiger partial charge on any atom is 0.254 e. The number of amides is 1. The van der Waals surface area contributed by atoms with E-state index in [2.05, 4.69) is 15.3 Å². The molecule has 1 aliphatic heterocycles. The van der Waals surface area contributed by atoms with Crippen LogP contribution in [0.1, 0.15) is 0 Å². The first-order chi connectivity index (χ1) is 9.24. The number of anilines is 1. The average molecular weight is 294 g/mol. The van der Waals surface area contributed by atoms with Crippen molar-refractivity contribution in [3.05, 3.63) is 34.2 Å². The van der Waals surface area contributed by atoms with Crippen LogP contribution in [0.4, 0.5) is 5.13 Å². The molecule has 6 nitrogen and oxygen atoms in total. The van der Waals surface area contributed by atoms with Gasteiger partial charge < -0.3 is 5.32 Å². The summed E-state index contributed by atoms with van der Waals surface area (Å²) in [6.07, 6.45) is 3.14. The van der Waals surface area contributed by atoms with Gasteiger partial charge in [-0.2, -0.15) is 0 Å². The van der Waals surface area contributed by atoms with Crippen LogP contribution >= 0.6 is 23.1 Å². The lowest BCUT2D eigenvalue weighted by Gasteiger charge is -2.23. The third-order valence-corrected chi connectivity index (χ3v) is 4.59. The second-order valence-corrected chi connectivity index (χ2v) is 5.89. The van der Waals surface area contributed by atoms with E-state index in [9.17, 15) is 9.59 Å². The monoisotopic (exact) mass is 294 g/mol. The van der Waals surface area contributed by atoms with Crippen LogP contribution < -0.4 is 10.9 Å². The van der Waals surface area contributed by atoms with Crippen molar-refractivity contribution >= 4 is 34.1 Å². The normalized spacial score (nSPS) is 17.8. The van der Waals surface area contributed by atoms with Gasteiger partial charge in [-0.1, -0.05) is 11.8 Å². The standard InChI is InChI=1S/C11H10N4O2S2/c16-8-1-2-13-11-15(8)5-7(6-19-11)9(17)14-10-12-3-4-18-10/h1-4,7H,5-6H2,(H,12,14,17)/t7-/m1/s1. The third-order valence-electron chi connectivity index (χ3n) is 2.75. The smallest absolute Gasteiger partial charge is 0.254 e. The molecule has 0 saturated carbocycles. The summed E-state index contributed by atoms with van der Waals surface area (Å²) in [7, 11) is 0. The van der Waals surface area contributed by atoms with E-state index in [1.807, 2.05) is 0 Å². The van der Waals surface area contributed by atoms with Gasteiger partial charge in [-0.15, -0.1) is 11.3 Å². The van der Waals surface area contributed by atoms with E-state index >= 15 is 0 Å². The maximum atomic E-state index is 12.1. The van der Waals surface area contributed by atoms with Crippen molar-refractivity contribution in [2.45, 2.75) is 11.7 Å². The van der Waals surface area contributed by atoms with Gasteiger partial charge in [-0.3, -0.25) is 14.2 Å². The molecule has 0 unspecified atom stereocenters. The number of rotatable bonds is 2. The molecule has 2 aromatic rings. The molecule has 0 saturated heterocycles. The van der Waals surface area contributed by atoms with Crippen LogP contribution in [-0.2, 0) is 11.3 Å². The molecule has 0 spiro atoms. The van der Waals surface area contributed by atoms with Crippen molar-refractivity contribution in [3.63, 3.8) is 0 Å². The molecule has 98 valence electrons. The van der Waals surface area contributed by atoms with Crippen LogP contribution in [0.5, 0.6) is 0 Å². The van der Waals surface area contributed by atoms with Gasteiger partial charge in [0.05, 0.1) is 5.92 Å². The highest BCUT2D eigenvalue weighted by atomic mass is 32.2. The largest absolute Gasteiger partial charge is 0.302 e. The Labute approximate surface area is 116 Å². The fourth-order valence-corrected chi connectivity index (χ4v) is 3.40. The van der Waals surface area contributed by atoms with Crippen LogP contribution in [0.3, 0.4) is 0 Å². The molecule has 0 fully saturated rings. The Morgan fingerprint density at radius 1 is 1.42 bits per heavy atom. The maximum absolute atomic E-state index is 12.1. The molecule has 1 atom stereocenters. The number of nitrogens with one attached hydrogen (secondary N) is 1. The number of fused-ring (bicyclic) bond motifs is 1. The first-order valence-corrected chi connectivity index (χ1v) is 7.49. The minimum Gasteiger partial charge on any atom is -0.302 e. The van der Waals surface area contributed by atoms with Crippen molar-refractivity contribution in [2.75, 3.05) is 11.1 Å². The van der Waals surface area contributed by atoms with E-state index in [1.165, 1.54) is 35.4 Å². The number of hydrogen-bond donors (Lipinski definition) is 1. The molecular formula is C11H10N4O2S2. The minimum absolute atomic E-state index is 0.108. The van der Waals surface area contributed by atoms with Gasteiger partial charge in [-0.05, 0) is 0 Å². The molecule has 1 amide bonds. The lowest BCUT2D eigenvalue weighted by atomic mass is 10.1. The zero-order chi connectivity index (χ0) is 13.2. The number of aromatic nitrogens is 3. The topological polar surface area (TPSA) is 76.9 Å². The van der Waals surface area contributed by atoms with Gasteiger partial charge in [0.2, 0.25) is 5.91 Å². The molecule has 2 aromatic heterocycles. The van der Waals surface area contributed by atoms with Gasteiger partial charge >= 0.3 is 0 Å². The Bertz CT molecular complexity index is 653. The van der Waals surface area contributed by atoms with Gasteiger partial charge in [-0.25, -0.2) is 9.97 Å². The van der Waals surface area contributed by atoms with E-state index in [0.29, 0.717) is 22.6 Å². The Hall–Kier alpha value is -1.67. The first-order valence-electron chi connectivity index (χ1n) is 5.63. The van der Waals surface area contributed by atoms with E-state index in [1.54, 1.807) is 16.1 Å². The van der Waals surface area contributed by atoms with Crippen LogP contribution in [0, 0.1) is 5.92 Å². The van der Waals surface area contributed by atoms with Crippen molar-refractivity contribution in [2.24, 2.45) is 5.92 Å². The molecule has 0 aliphatic carbocycles. The van der Waals surface area contributed by atoms with E-state index in [-0.39, 0.29) is 17.4 Å². The average Bonchev–Trinajstić information content (AvgIpc) is 2.92. The summed E-state index contributed by atoms with van der Waals surface area (Å²) in [5, 5.41) is 5.82. The first kappa shape index (κ1) is 12.4. The molecule has 1 N–H and O–H groups in total. The summed E-state index contributed by atoms with van der Waals surface area (Å²) in [4.78, 5) is 32.0. The molecular weight excluding hydrogens is 284 g/mol. The second kappa shape index (κ2) is 5.14. The number of nitrogens with zero attached hydrogens (tertiary/aromatic N) is 3. The van der Waals surface area contributed by atoms with E-state index in [0.717, 1.165) is 0 Å². The van der Waals surface area contributed by atoms with Crippen LogP contribution in [0.25, 0.3) is 0 Å². The molecule has 0 aromatic carbocycles. The third kappa shape index (κ3) is 2.54. The quantitative estimate of drug-likeness (QED) is 0.838. The summed E-state index contributed by atoms with van der Waals surface area (Å²) in [6.45, 7) is 0.367. The number of thiazole rings is 1. The molecule has 19 heavy (non-hydrogen) atoms. The van der Waals surface area contributed by atoms with Crippen molar-refractivity contribution in [1.82, 2.24) is 14.5 Å². The molecule has 1 aliphatic rings. The number of carbonyl (C=O) groups excluding carboxylic acids is 1. The molecule has 0 radical (unpaired) electrons. The van der Waals surface area contributed by atoms with E-state index < -0.39 is 0 Å². The van der Waals surface area contributed by atoms with Crippen molar-refractivity contribution in [3.8, 4) is 0 Å². The highest BCUT2D eigenvalue weighted by Crippen LogP contribution is 2.25. The van der Waals surface area contributed by atoms with Gasteiger partial charge in [0, 0.05) is 36.1 Å². The Kier molecular flexibility index (Phi) is 3.34. The summed E-state index contributed by atoms with van der Waals surface area (Å²) in [6, 6.07) is 1.41. The van der Waals surface area contributed by atoms with Crippen LogP contribution in [-0.4, -0.2) is 26.2 Å². The zero-order valence-corrected chi connectivity index (χ0v) is 11.4. The number of thioether (sulfide) groups is 1. The predicted octanol–water partition coefficient (Wildman–Crippen LogP) is 1.06. The Morgan fingerprint density at radius 3 is 3.11 bits per heavy atom. The molecule has 0 bridgehead atoms. The lowest BCUT2D eigenvalue weighted by Crippen LogP contribution is -2.36. The predicted molar refractivity (Wildman–Crippen MR) is 73.5 cm³/mol. The zero-order valence-electron chi connectivity index (χ0n) is 9.78. The van der Waals surface area contributed by atoms with E-state index in [4.69, 9.17) is 0 Å². The van der Waals surface area contributed by atoms with Gasteiger partial charge in [0.1, 0.15) is 0 Å². The molecule has 8 heteroatoms. The van der Waals surface area contributed by atoms with Crippen molar-refractivity contribution in [1.29, 1.82) is 0 Å². The lowest BCUT2D eigenvalue weighted by molar-refractivity contribution is -0.119.